The normalized spacial score (nSPS) is 10.5. The van der Waals surface area contributed by atoms with E-state index in [1.807, 2.05) is 0 Å². The zero-order valence-corrected chi connectivity index (χ0v) is 15.9. The Morgan fingerprint density at radius 2 is 1.67 bits per heavy atom. The molecule has 0 heterocycles. The number of carboxylic acids is 1. The Balaban J connectivity index is 1.69. The minimum atomic E-state index is -1.18. The smallest absolute Gasteiger partial charge is 0.323 e. The van der Waals surface area contributed by atoms with Gasteiger partial charge in [-0.2, -0.15) is 0 Å². The minimum Gasteiger partial charge on any atom is -0.489 e. The number of ether oxygens (including phenoxy) is 1. The number of hydrogen-bond donors (Lipinski definition) is 1. The van der Waals surface area contributed by atoms with Crippen molar-refractivity contribution in [3.63, 3.8) is 0 Å². The topological polar surface area (TPSA) is 66.8 Å². The third kappa shape index (κ3) is 5.64. The SMILES string of the molecule is O=C(O)CN(Cc1cccc(F)c1)C(=O)c1ccc(OCc2ccccc2F)cc1. The molecule has 1 amide bonds. The Morgan fingerprint density at radius 1 is 0.933 bits per heavy atom. The molecule has 0 bridgehead atoms. The average molecular weight is 411 g/mol. The predicted octanol–water partition coefficient (Wildman–Crippen LogP) is 4.27. The van der Waals surface area contributed by atoms with Crippen LogP contribution in [0.15, 0.2) is 72.8 Å². The van der Waals surface area contributed by atoms with Crippen molar-refractivity contribution in [2.45, 2.75) is 13.2 Å². The van der Waals surface area contributed by atoms with E-state index in [2.05, 4.69) is 0 Å². The Hall–Kier alpha value is -3.74. The van der Waals surface area contributed by atoms with Gasteiger partial charge in [0.05, 0.1) is 0 Å². The highest BCUT2D eigenvalue weighted by Gasteiger charge is 2.19. The Kier molecular flexibility index (Phi) is 6.75. The second kappa shape index (κ2) is 9.65. The van der Waals surface area contributed by atoms with Crippen LogP contribution in [0.2, 0.25) is 0 Å². The second-order valence-electron chi connectivity index (χ2n) is 6.59. The number of carboxylic acid groups (broad SMARTS) is 1. The highest BCUT2D eigenvalue weighted by atomic mass is 19.1. The molecule has 0 saturated carbocycles. The zero-order chi connectivity index (χ0) is 21.5. The van der Waals surface area contributed by atoms with Crippen molar-refractivity contribution in [3.8, 4) is 5.75 Å². The van der Waals surface area contributed by atoms with E-state index in [1.165, 1.54) is 36.4 Å². The molecule has 7 heteroatoms. The monoisotopic (exact) mass is 411 g/mol. The summed E-state index contributed by atoms with van der Waals surface area (Å²) in [5.74, 6) is -2.09. The quantitative estimate of drug-likeness (QED) is 0.601. The molecule has 0 spiro atoms. The van der Waals surface area contributed by atoms with Gasteiger partial charge in [-0.15, -0.1) is 0 Å². The summed E-state index contributed by atoms with van der Waals surface area (Å²) in [6.45, 7) is -0.542. The van der Waals surface area contributed by atoms with Crippen molar-refractivity contribution >= 4 is 11.9 Å². The molecule has 5 nitrogen and oxygen atoms in total. The molecule has 3 rings (SSSR count). The van der Waals surface area contributed by atoms with Crippen molar-refractivity contribution in [1.29, 1.82) is 0 Å². The van der Waals surface area contributed by atoms with Gasteiger partial charge in [-0.3, -0.25) is 9.59 Å². The lowest BCUT2D eigenvalue weighted by Crippen LogP contribution is -2.35. The summed E-state index contributed by atoms with van der Waals surface area (Å²) in [4.78, 5) is 25.1. The van der Waals surface area contributed by atoms with Crippen molar-refractivity contribution in [3.05, 3.63) is 101 Å². The molecule has 0 saturated heterocycles. The summed E-state index contributed by atoms with van der Waals surface area (Å²) in [6.07, 6.45) is 0. The zero-order valence-electron chi connectivity index (χ0n) is 15.9. The molecule has 3 aromatic rings. The molecular formula is C23H19F2NO4. The molecule has 154 valence electrons. The van der Waals surface area contributed by atoms with E-state index >= 15 is 0 Å². The van der Waals surface area contributed by atoms with Crippen LogP contribution in [-0.4, -0.2) is 28.4 Å². The molecule has 3 aromatic carbocycles. The summed E-state index contributed by atoms with van der Waals surface area (Å²) in [6, 6.07) is 18.0. The average Bonchev–Trinajstić information content (AvgIpc) is 2.72. The minimum absolute atomic E-state index is 0.0324. The first-order chi connectivity index (χ1) is 14.4. The molecule has 0 atom stereocenters. The number of halogens is 2. The molecule has 0 aliphatic rings. The van der Waals surface area contributed by atoms with Crippen LogP contribution in [0.5, 0.6) is 5.75 Å². The van der Waals surface area contributed by atoms with E-state index in [1.54, 1.807) is 36.4 Å². The first kappa shape index (κ1) is 21.0. The van der Waals surface area contributed by atoms with Crippen molar-refractivity contribution in [2.75, 3.05) is 6.54 Å². The Labute approximate surface area is 172 Å². The highest BCUT2D eigenvalue weighted by molar-refractivity contribution is 5.95. The maximum absolute atomic E-state index is 13.7. The third-order valence-electron chi connectivity index (χ3n) is 4.33. The maximum atomic E-state index is 13.7. The Morgan fingerprint density at radius 3 is 2.33 bits per heavy atom. The molecule has 1 N–H and O–H groups in total. The summed E-state index contributed by atoms with van der Waals surface area (Å²) in [5, 5.41) is 9.14. The molecule has 0 aromatic heterocycles. The van der Waals surface area contributed by atoms with Gasteiger partial charge in [0.25, 0.3) is 5.91 Å². The van der Waals surface area contributed by atoms with Crippen LogP contribution in [0.3, 0.4) is 0 Å². The van der Waals surface area contributed by atoms with Gasteiger partial charge >= 0.3 is 5.97 Å². The molecule has 0 aliphatic heterocycles. The van der Waals surface area contributed by atoms with Crippen molar-refractivity contribution in [1.82, 2.24) is 4.90 Å². The van der Waals surface area contributed by atoms with Gasteiger partial charge in [-0.25, -0.2) is 8.78 Å². The second-order valence-corrected chi connectivity index (χ2v) is 6.59. The molecule has 0 fully saturated rings. The van der Waals surface area contributed by atoms with Crippen molar-refractivity contribution in [2.24, 2.45) is 0 Å². The summed E-state index contributed by atoms with van der Waals surface area (Å²) >= 11 is 0. The maximum Gasteiger partial charge on any atom is 0.323 e. The predicted molar refractivity (Wildman–Crippen MR) is 106 cm³/mol. The van der Waals surface area contributed by atoms with Crippen LogP contribution in [0.1, 0.15) is 21.5 Å². The fraction of sp³-hybridized carbons (Fsp3) is 0.130. The number of aliphatic carboxylic acids is 1. The van der Waals surface area contributed by atoms with E-state index in [9.17, 15) is 18.4 Å². The standard InChI is InChI=1S/C23H19F2NO4/c24-19-6-3-4-16(12-19)13-26(14-22(27)28)23(29)17-8-10-20(11-9-17)30-15-18-5-1-2-7-21(18)25/h1-12H,13-15H2,(H,27,28). The van der Waals surface area contributed by atoms with E-state index in [0.29, 0.717) is 16.9 Å². The molecule has 30 heavy (non-hydrogen) atoms. The lowest BCUT2D eigenvalue weighted by molar-refractivity contribution is -0.137. The van der Waals surface area contributed by atoms with Gasteiger partial charge in [0.2, 0.25) is 0 Å². The number of benzene rings is 3. The molecule has 0 aliphatic carbocycles. The first-order valence-corrected chi connectivity index (χ1v) is 9.14. The molecule has 0 radical (unpaired) electrons. The van der Waals surface area contributed by atoms with Gasteiger partial charge in [-0.05, 0) is 48.0 Å². The summed E-state index contributed by atoms with van der Waals surface area (Å²) in [7, 11) is 0. The lowest BCUT2D eigenvalue weighted by atomic mass is 10.1. The fourth-order valence-electron chi connectivity index (χ4n) is 2.87. The van der Waals surface area contributed by atoms with Crippen LogP contribution in [-0.2, 0) is 17.9 Å². The lowest BCUT2D eigenvalue weighted by Gasteiger charge is -2.21. The van der Waals surface area contributed by atoms with Gasteiger partial charge in [0.15, 0.2) is 0 Å². The van der Waals surface area contributed by atoms with Crippen LogP contribution in [0, 0.1) is 11.6 Å². The first-order valence-electron chi connectivity index (χ1n) is 9.14. The Bertz CT molecular complexity index is 1040. The number of amides is 1. The highest BCUT2D eigenvalue weighted by Crippen LogP contribution is 2.18. The van der Waals surface area contributed by atoms with E-state index in [-0.39, 0.29) is 24.5 Å². The van der Waals surface area contributed by atoms with Gasteiger partial charge in [0, 0.05) is 17.7 Å². The molecular weight excluding hydrogens is 392 g/mol. The molecule has 0 unspecified atom stereocenters. The number of carbonyl (C=O) groups excluding carboxylic acids is 1. The van der Waals surface area contributed by atoms with E-state index < -0.39 is 24.2 Å². The van der Waals surface area contributed by atoms with Crippen LogP contribution < -0.4 is 4.74 Å². The third-order valence-corrected chi connectivity index (χ3v) is 4.33. The van der Waals surface area contributed by atoms with Crippen LogP contribution >= 0.6 is 0 Å². The largest absolute Gasteiger partial charge is 0.489 e. The van der Waals surface area contributed by atoms with Crippen LogP contribution in [0.25, 0.3) is 0 Å². The number of carbonyl (C=O) groups is 2. The number of nitrogens with zero attached hydrogens (tertiary/aromatic N) is 1. The summed E-state index contributed by atoms with van der Waals surface area (Å²) in [5.41, 5.74) is 1.14. The number of rotatable bonds is 8. The van der Waals surface area contributed by atoms with Crippen LogP contribution in [0.4, 0.5) is 8.78 Å². The number of hydrogen-bond acceptors (Lipinski definition) is 3. The van der Waals surface area contributed by atoms with Gasteiger partial charge in [0.1, 0.15) is 30.5 Å². The van der Waals surface area contributed by atoms with E-state index in [0.717, 1.165) is 4.90 Å². The summed E-state index contributed by atoms with van der Waals surface area (Å²) < 4.78 is 32.6. The van der Waals surface area contributed by atoms with Crippen molar-refractivity contribution < 1.29 is 28.2 Å². The van der Waals surface area contributed by atoms with E-state index in [4.69, 9.17) is 9.84 Å². The van der Waals surface area contributed by atoms with Gasteiger partial charge in [-0.1, -0.05) is 30.3 Å². The van der Waals surface area contributed by atoms with Gasteiger partial charge < -0.3 is 14.7 Å². The fourth-order valence-corrected chi connectivity index (χ4v) is 2.87.